The Morgan fingerprint density at radius 1 is 1.19 bits per heavy atom. The fourth-order valence-electron chi connectivity index (χ4n) is 4.53. The van der Waals surface area contributed by atoms with E-state index >= 15 is 0 Å². The molecule has 1 aromatic heterocycles. The number of aryl methyl sites for hydroxylation is 1. The molecule has 0 radical (unpaired) electrons. The second-order valence-corrected chi connectivity index (χ2v) is 9.55. The summed E-state index contributed by atoms with van der Waals surface area (Å²) >= 11 is 1.25. The lowest BCUT2D eigenvalue weighted by atomic mass is 9.80. The fraction of sp³-hybridized carbons (Fsp3) is 0.391. The summed E-state index contributed by atoms with van der Waals surface area (Å²) in [7, 11) is 0. The average Bonchev–Trinajstić information content (AvgIpc) is 3.18. The summed E-state index contributed by atoms with van der Waals surface area (Å²) < 4.78 is 27.1. The first-order chi connectivity index (χ1) is 15.1. The van der Waals surface area contributed by atoms with Gasteiger partial charge in [-0.1, -0.05) is 18.2 Å². The maximum Gasteiger partial charge on any atom is 0.325 e. The maximum absolute atomic E-state index is 13.6. The number of alkyl halides is 2. The molecule has 1 N–H and O–H groups in total. The monoisotopic (exact) mass is 457 g/mol. The van der Waals surface area contributed by atoms with Crippen molar-refractivity contribution in [1.29, 1.82) is 5.26 Å². The Bertz CT molecular complexity index is 1170. The molecule has 166 valence electrons. The molecule has 1 saturated heterocycles. The molecular weight excluding hydrogens is 436 g/mol. The summed E-state index contributed by atoms with van der Waals surface area (Å²) in [5.41, 5.74) is 1.33. The Kier molecular flexibility index (Phi) is 5.37. The molecule has 0 bridgehead atoms. The normalized spacial score (nSPS) is 19.2. The van der Waals surface area contributed by atoms with Crippen molar-refractivity contribution in [3.05, 3.63) is 45.1 Å². The molecule has 1 saturated carbocycles. The molecule has 2 aromatic rings. The van der Waals surface area contributed by atoms with E-state index in [-0.39, 0.29) is 12.8 Å². The number of halogens is 2. The van der Waals surface area contributed by atoms with Crippen LogP contribution < -0.4 is 5.32 Å². The van der Waals surface area contributed by atoms with Gasteiger partial charge in [0.15, 0.2) is 5.78 Å². The minimum Gasteiger partial charge on any atom is -0.323 e. The highest BCUT2D eigenvalue weighted by Crippen LogP contribution is 2.42. The number of amides is 3. The zero-order valence-corrected chi connectivity index (χ0v) is 18.4. The van der Waals surface area contributed by atoms with E-state index in [1.807, 2.05) is 19.1 Å². The van der Waals surface area contributed by atoms with Crippen molar-refractivity contribution in [3.63, 3.8) is 0 Å². The van der Waals surface area contributed by atoms with Crippen LogP contribution in [0.25, 0.3) is 11.1 Å². The highest BCUT2D eigenvalue weighted by atomic mass is 32.1. The molecule has 1 aliphatic carbocycles. The van der Waals surface area contributed by atoms with Crippen molar-refractivity contribution in [1.82, 2.24) is 10.2 Å². The molecule has 2 aliphatic rings. The molecule has 2 fully saturated rings. The third-order valence-corrected chi connectivity index (χ3v) is 7.52. The Balaban J connectivity index is 1.59. The van der Waals surface area contributed by atoms with Crippen molar-refractivity contribution in [3.8, 4) is 17.2 Å². The van der Waals surface area contributed by atoms with Gasteiger partial charge in [0.05, 0.1) is 23.1 Å². The van der Waals surface area contributed by atoms with Gasteiger partial charge in [0.25, 0.3) is 5.91 Å². The van der Waals surface area contributed by atoms with E-state index < -0.39 is 48.6 Å². The van der Waals surface area contributed by atoms with Crippen LogP contribution in [0, 0.1) is 25.2 Å². The van der Waals surface area contributed by atoms with E-state index in [1.165, 1.54) is 11.3 Å². The van der Waals surface area contributed by atoms with E-state index in [0.717, 1.165) is 20.9 Å². The first kappa shape index (κ1) is 22.1. The zero-order chi connectivity index (χ0) is 23.3. The Morgan fingerprint density at radius 2 is 1.84 bits per heavy atom. The molecule has 0 unspecified atom stereocenters. The summed E-state index contributed by atoms with van der Waals surface area (Å²) in [5.74, 6) is -3.87. The number of nitrogens with one attached hydrogen (secondary N) is 1. The number of imide groups is 1. The number of Topliss-reactive ketones (excluding diaryl/α,β-unsaturated/α-hetero) is 1. The lowest BCUT2D eigenvalue weighted by Crippen LogP contribution is -2.51. The quantitative estimate of drug-likeness (QED) is 0.537. The van der Waals surface area contributed by atoms with Gasteiger partial charge in [0.2, 0.25) is 5.92 Å². The van der Waals surface area contributed by atoms with Crippen molar-refractivity contribution >= 4 is 29.1 Å². The number of carbonyl (C=O) groups is 3. The van der Waals surface area contributed by atoms with E-state index in [9.17, 15) is 28.4 Å². The van der Waals surface area contributed by atoms with Gasteiger partial charge in [0, 0.05) is 28.8 Å². The molecule has 32 heavy (non-hydrogen) atoms. The van der Waals surface area contributed by atoms with Crippen LogP contribution in [-0.2, 0) is 4.79 Å². The van der Waals surface area contributed by atoms with Gasteiger partial charge in [-0.25, -0.2) is 13.6 Å². The number of nitrogens with zero attached hydrogens (tertiary/aromatic N) is 2. The molecule has 2 heterocycles. The third kappa shape index (κ3) is 3.58. The van der Waals surface area contributed by atoms with Crippen molar-refractivity contribution in [2.24, 2.45) is 0 Å². The first-order valence-corrected chi connectivity index (χ1v) is 11.0. The van der Waals surface area contributed by atoms with Gasteiger partial charge in [-0.2, -0.15) is 5.26 Å². The number of benzene rings is 1. The number of carbonyl (C=O) groups excluding carboxylic acids is 3. The molecule has 9 heteroatoms. The van der Waals surface area contributed by atoms with Gasteiger partial charge in [-0.15, -0.1) is 11.3 Å². The highest BCUT2D eigenvalue weighted by Gasteiger charge is 2.55. The van der Waals surface area contributed by atoms with Crippen LogP contribution in [0.15, 0.2) is 24.3 Å². The predicted molar refractivity (Wildman–Crippen MR) is 115 cm³/mol. The van der Waals surface area contributed by atoms with E-state index in [1.54, 1.807) is 19.1 Å². The minimum atomic E-state index is -2.85. The van der Waals surface area contributed by atoms with Crippen LogP contribution in [0.2, 0.25) is 0 Å². The number of nitriles is 1. The van der Waals surface area contributed by atoms with Gasteiger partial charge in [-0.05, 0) is 38.3 Å². The predicted octanol–water partition coefficient (Wildman–Crippen LogP) is 4.59. The van der Waals surface area contributed by atoms with Gasteiger partial charge in [-0.3, -0.25) is 14.5 Å². The lowest BCUT2D eigenvalue weighted by molar-refractivity contribution is -0.135. The van der Waals surface area contributed by atoms with Gasteiger partial charge in [0.1, 0.15) is 5.54 Å². The van der Waals surface area contributed by atoms with Crippen LogP contribution >= 0.6 is 11.3 Å². The second-order valence-electron chi connectivity index (χ2n) is 8.33. The number of thiophene rings is 1. The van der Waals surface area contributed by atoms with Crippen molar-refractivity contribution in [2.45, 2.75) is 51.0 Å². The summed E-state index contributed by atoms with van der Waals surface area (Å²) in [4.78, 5) is 40.6. The van der Waals surface area contributed by atoms with Crippen LogP contribution in [-0.4, -0.2) is 40.6 Å². The third-order valence-electron chi connectivity index (χ3n) is 6.28. The molecule has 0 atom stereocenters. The van der Waals surface area contributed by atoms with Crippen LogP contribution in [0.3, 0.4) is 0 Å². The van der Waals surface area contributed by atoms with Gasteiger partial charge < -0.3 is 5.32 Å². The van der Waals surface area contributed by atoms with Gasteiger partial charge >= 0.3 is 6.03 Å². The van der Waals surface area contributed by atoms with Crippen molar-refractivity contribution < 1.29 is 23.2 Å². The van der Waals surface area contributed by atoms with E-state index in [2.05, 4.69) is 11.4 Å². The van der Waals surface area contributed by atoms with Crippen molar-refractivity contribution in [2.75, 3.05) is 6.54 Å². The molecule has 6 nitrogen and oxygen atoms in total. The topological polar surface area (TPSA) is 90.3 Å². The summed E-state index contributed by atoms with van der Waals surface area (Å²) in [6.07, 6.45) is -1.26. The summed E-state index contributed by atoms with van der Waals surface area (Å²) in [5, 5.41) is 12.0. The average molecular weight is 458 g/mol. The smallest absolute Gasteiger partial charge is 0.323 e. The Morgan fingerprint density at radius 3 is 2.50 bits per heavy atom. The molecule has 1 spiro atoms. The summed E-state index contributed by atoms with van der Waals surface area (Å²) in [6, 6.07) is 8.52. The Labute approximate surface area is 187 Å². The largest absolute Gasteiger partial charge is 0.325 e. The lowest BCUT2D eigenvalue weighted by Gasteiger charge is -2.34. The molecular formula is C23H21F2N3O3S. The van der Waals surface area contributed by atoms with E-state index in [0.29, 0.717) is 16.0 Å². The first-order valence-electron chi connectivity index (χ1n) is 10.2. The zero-order valence-electron chi connectivity index (χ0n) is 17.6. The molecule has 1 aliphatic heterocycles. The number of urea groups is 1. The highest BCUT2D eigenvalue weighted by molar-refractivity contribution is 7.14. The molecule has 1 aromatic carbocycles. The summed E-state index contributed by atoms with van der Waals surface area (Å²) in [6.45, 7) is 3.17. The van der Waals surface area contributed by atoms with E-state index in [4.69, 9.17) is 0 Å². The van der Waals surface area contributed by atoms with Crippen LogP contribution in [0.4, 0.5) is 13.6 Å². The second kappa shape index (κ2) is 7.78. The molecule has 4 rings (SSSR count). The number of ketones is 1. The standard InChI is InChI=1S/C23H21F2N3O3S/c1-13-18(16-6-4-3-5-15(16)11-26)14(2)32-19(13)17(29)12-28-20(30)22(27-21(28)31)7-9-23(24,25)10-8-22/h3-6H,7-10,12H2,1-2H3,(H,27,31). The number of hydrogen-bond donors (Lipinski definition) is 1. The SMILES string of the molecule is Cc1sc(C(=O)CN2C(=O)NC3(CCC(F)(F)CC3)C2=O)c(C)c1-c1ccccc1C#N. The number of rotatable bonds is 4. The van der Waals surface area contributed by atoms with Crippen LogP contribution in [0.5, 0.6) is 0 Å². The number of hydrogen-bond acceptors (Lipinski definition) is 5. The fourth-order valence-corrected chi connectivity index (χ4v) is 5.64. The molecule has 3 amide bonds. The Hall–Kier alpha value is -3.12. The maximum atomic E-state index is 13.6. The van der Waals surface area contributed by atoms with Crippen LogP contribution in [0.1, 0.15) is 51.4 Å². The minimum absolute atomic E-state index is 0.151.